The minimum atomic E-state index is 0.361. The van der Waals surface area contributed by atoms with Gasteiger partial charge in [-0.1, -0.05) is 6.07 Å². The van der Waals surface area contributed by atoms with E-state index in [-0.39, 0.29) is 0 Å². The fourth-order valence-electron chi connectivity index (χ4n) is 1.89. The summed E-state index contributed by atoms with van der Waals surface area (Å²) in [7, 11) is 0. The molecular weight excluding hydrogens is 188 g/mol. The van der Waals surface area contributed by atoms with Crippen molar-refractivity contribution in [1.82, 2.24) is 5.32 Å². The van der Waals surface area contributed by atoms with Gasteiger partial charge in [0.1, 0.15) is 5.75 Å². The van der Waals surface area contributed by atoms with Gasteiger partial charge >= 0.3 is 0 Å². The van der Waals surface area contributed by atoms with Crippen LogP contribution in [0, 0.1) is 6.92 Å². The first-order valence-electron chi connectivity index (χ1n) is 5.52. The molecule has 0 aliphatic carbocycles. The molecule has 1 aliphatic rings. The second-order valence-corrected chi connectivity index (χ2v) is 4.18. The van der Waals surface area contributed by atoms with Gasteiger partial charge in [0.15, 0.2) is 0 Å². The van der Waals surface area contributed by atoms with Crippen molar-refractivity contribution in [3.63, 3.8) is 0 Å². The summed E-state index contributed by atoms with van der Waals surface area (Å²) in [6, 6.07) is 6.29. The first kappa shape index (κ1) is 10.3. The molecule has 3 heteroatoms. The first-order chi connectivity index (χ1) is 7.25. The number of hydrogen-bond donors (Lipinski definition) is 3. The molecule has 1 aliphatic heterocycles. The number of rotatable bonds is 3. The van der Waals surface area contributed by atoms with Crippen LogP contribution in [-0.2, 0) is 0 Å². The summed E-state index contributed by atoms with van der Waals surface area (Å²) in [4.78, 5) is 0. The Balaban J connectivity index is 1.90. The minimum Gasteiger partial charge on any atom is -0.508 e. The van der Waals surface area contributed by atoms with Crippen molar-refractivity contribution in [2.45, 2.75) is 25.8 Å². The molecule has 1 saturated heterocycles. The number of nitrogens with one attached hydrogen (secondary N) is 2. The van der Waals surface area contributed by atoms with Crippen molar-refractivity contribution in [3.05, 3.63) is 23.8 Å². The van der Waals surface area contributed by atoms with E-state index in [0.717, 1.165) is 24.3 Å². The second kappa shape index (κ2) is 4.53. The third-order valence-electron chi connectivity index (χ3n) is 2.92. The lowest BCUT2D eigenvalue weighted by Gasteiger charge is -2.13. The van der Waals surface area contributed by atoms with E-state index in [1.165, 1.54) is 12.8 Å². The van der Waals surface area contributed by atoms with Gasteiger partial charge in [0.2, 0.25) is 0 Å². The van der Waals surface area contributed by atoms with Crippen LogP contribution in [0.3, 0.4) is 0 Å². The van der Waals surface area contributed by atoms with E-state index >= 15 is 0 Å². The highest BCUT2D eigenvalue weighted by Gasteiger charge is 2.13. The Morgan fingerprint density at radius 1 is 1.53 bits per heavy atom. The number of aryl methyl sites for hydroxylation is 1. The number of aromatic hydroxyl groups is 1. The third-order valence-corrected chi connectivity index (χ3v) is 2.92. The van der Waals surface area contributed by atoms with E-state index in [1.807, 2.05) is 19.1 Å². The molecule has 3 N–H and O–H groups in total. The molecule has 1 fully saturated rings. The zero-order chi connectivity index (χ0) is 10.7. The van der Waals surface area contributed by atoms with E-state index in [1.54, 1.807) is 6.07 Å². The van der Waals surface area contributed by atoms with E-state index < -0.39 is 0 Å². The van der Waals surface area contributed by atoms with Gasteiger partial charge < -0.3 is 15.7 Å². The van der Waals surface area contributed by atoms with Crippen molar-refractivity contribution in [1.29, 1.82) is 0 Å². The van der Waals surface area contributed by atoms with Crippen molar-refractivity contribution in [3.8, 4) is 5.75 Å². The van der Waals surface area contributed by atoms with Crippen LogP contribution in [0.4, 0.5) is 5.69 Å². The lowest BCUT2D eigenvalue weighted by Crippen LogP contribution is -2.29. The molecule has 1 heterocycles. The molecule has 3 nitrogen and oxygen atoms in total. The maximum Gasteiger partial charge on any atom is 0.120 e. The molecule has 82 valence electrons. The lowest BCUT2D eigenvalue weighted by molar-refractivity contribution is 0.471. The van der Waals surface area contributed by atoms with Crippen molar-refractivity contribution < 1.29 is 5.11 Å². The number of benzene rings is 1. The highest BCUT2D eigenvalue weighted by atomic mass is 16.3. The summed E-state index contributed by atoms with van der Waals surface area (Å²) in [6.07, 6.45) is 2.51. The van der Waals surface area contributed by atoms with Gasteiger partial charge in [-0.3, -0.25) is 0 Å². The predicted molar refractivity (Wildman–Crippen MR) is 62.4 cm³/mol. The maximum absolute atomic E-state index is 9.54. The molecule has 0 radical (unpaired) electrons. The Morgan fingerprint density at radius 3 is 3.07 bits per heavy atom. The van der Waals surface area contributed by atoms with Gasteiger partial charge in [0.05, 0.1) is 0 Å². The standard InChI is InChI=1S/C12H18N2O/c1-9-4-5-10(7-12(9)15)14-8-11-3-2-6-13-11/h4-5,7,11,13-15H,2-3,6,8H2,1H3. The van der Waals surface area contributed by atoms with Crippen LogP contribution >= 0.6 is 0 Å². The molecule has 0 bridgehead atoms. The number of phenols is 1. The second-order valence-electron chi connectivity index (χ2n) is 4.18. The highest BCUT2D eigenvalue weighted by molar-refractivity contribution is 5.50. The topological polar surface area (TPSA) is 44.3 Å². The Hall–Kier alpha value is -1.22. The molecule has 1 aromatic carbocycles. The van der Waals surface area contributed by atoms with Gasteiger partial charge in [-0.2, -0.15) is 0 Å². The fraction of sp³-hybridized carbons (Fsp3) is 0.500. The van der Waals surface area contributed by atoms with Gasteiger partial charge in [-0.15, -0.1) is 0 Å². The van der Waals surface area contributed by atoms with Gasteiger partial charge in [0, 0.05) is 24.3 Å². The maximum atomic E-state index is 9.54. The summed E-state index contributed by atoms with van der Waals surface area (Å²) in [6.45, 7) is 3.96. The Morgan fingerprint density at radius 2 is 2.40 bits per heavy atom. The van der Waals surface area contributed by atoms with Crippen molar-refractivity contribution >= 4 is 5.69 Å². The Labute approximate surface area is 90.5 Å². The molecule has 15 heavy (non-hydrogen) atoms. The average molecular weight is 206 g/mol. The molecule has 1 unspecified atom stereocenters. The Bertz CT molecular complexity index is 332. The summed E-state index contributed by atoms with van der Waals surface area (Å²) >= 11 is 0. The molecule has 0 saturated carbocycles. The third kappa shape index (κ3) is 2.63. The van der Waals surface area contributed by atoms with Gasteiger partial charge in [-0.25, -0.2) is 0 Å². The summed E-state index contributed by atoms with van der Waals surface area (Å²) in [5, 5.41) is 16.3. The van der Waals surface area contributed by atoms with Crippen molar-refractivity contribution in [2.24, 2.45) is 0 Å². The summed E-state index contributed by atoms with van der Waals surface area (Å²) in [5.74, 6) is 0.361. The smallest absolute Gasteiger partial charge is 0.120 e. The number of hydrogen-bond acceptors (Lipinski definition) is 3. The molecule has 0 spiro atoms. The molecule has 1 aromatic rings. The van der Waals surface area contributed by atoms with Crippen LogP contribution in [0.2, 0.25) is 0 Å². The average Bonchev–Trinajstić information content (AvgIpc) is 2.73. The molecular formula is C12H18N2O. The van der Waals surface area contributed by atoms with E-state index in [2.05, 4.69) is 10.6 Å². The SMILES string of the molecule is Cc1ccc(NCC2CCCN2)cc1O. The first-order valence-corrected chi connectivity index (χ1v) is 5.52. The minimum absolute atomic E-state index is 0.361. The van der Waals surface area contributed by atoms with E-state index in [4.69, 9.17) is 0 Å². The van der Waals surface area contributed by atoms with Crippen LogP contribution in [0.1, 0.15) is 18.4 Å². The van der Waals surface area contributed by atoms with E-state index in [9.17, 15) is 5.11 Å². The quantitative estimate of drug-likeness (QED) is 0.707. The van der Waals surface area contributed by atoms with Crippen LogP contribution in [0.15, 0.2) is 18.2 Å². The lowest BCUT2D eigenvalue weighted by atomic mass is 10.2. The normalized spacial score (nSPS) is 20.5. The van der Waals surface area contributed by atoms with Crippen LogP contribution in [-0.4, -0.2) is 24.2 Å². The van der Waals surface area contributed by atoms with Crippen LogP contribution in [0.5, 0.6) is 5.75 Å². The fourth-order valence-corrected chi connectivity index (χ4v) is 1.89. The monoisotopic (exact) mass is 206 g/mol. The molecule has 0 aromatic heterocycles. The zero-order valence-corrected chi connectivity index (χ0v) is 9.09. The predicted octanol–water partition coefficient (Wildman–Crippen LogP) is 1.86. The van der Waals surface area contributed by atoms with Crippen LogP contribution in [0.25, 0.3) is 0 Å². The largest absolute Gasteiger partial charge is 0.508 e. The number of anilines is 1. The van der Waals surface area contributed by atoms with Gasteiger partial charge in [0.25, 0.3) is 0 Å². The molecule has 0 amide bonds. The summed E-state index contributed by atoms with van der Waals surface area (Å²) in [5.41, 5.74) is 1.91. The number of phenolic OH excluding ortho intramolecular Hbond substituents is 1. The zero-order valence-electron chi connectivity index (χ0n) is 9.09. The molecule has 1 atom stereocenters. The van der Waals surface area contributed by atoms with Gasteiger partial charge in [-0.05, 0) is 37.9 Å². The van der Waals surface area contributed by atoms with Crippen LogP contribution < -0.4 is 10.6 Å². The van der Waals surface area contributed by atoms with E-state index in [0.29, 0.717) is 11.8 Å². The highest BCUT2D eigenvalue weighted by Crippen LogP contribution is 2.20. The molecule has 2 rings (SSSR count). The van der Waals surface area contributed by atoms with Crippen molar-refractivity contribution in [2.75, 3.05) is 18.4 Å². The Kier molecular flexibility index (Phi) is 3.11. The summed E-state index contributed by atoms with van der Waals surface area (Å²) < 4.78 is 0.